The lowest BCUT2D eigenvalue weighted by Gasteiger charge is -2.38. The Morgan fingerprint density at radius 3 is 2.30 bits per heavy atom. The number of nitrogens with one attached hydrogen (secondary N) is 1. The smallest absolute Gasteiger partial charge is 0.253 e. The number of fused-ring (bicyclic) bond motifs is 1. The minimum atomic E-state index is -1.98. The van der Waals surface area contributed by atoms with E-state index in [1.165, 1.54) is 24.2 Å². The van der Waals surface area contributed by atoms with Gasteiger partial charge in [-0.05, 0) is 54.6 Å². The summed E-state index contributed by atoms with van der Waals surface area (Å²) in [5.74, 6) is 3.33. The van der Waals surface area contributed by atoms with Crippen LogP contribution in [0.3, 0.4) is 0 Å². The molecule has 10 heteroatoms. The van der Waals surface area contributed by atoms with Gasteiger partial charge in [0, 0.05) is 29.9 Å². The first kappa shape index (κ1) is 29.9. The number of carbonyl (C=O) groups excluding carboxylic acids is 1. The Hall–Kier alpha value is -3.03. The molecule has 212 valence electrons. The molecule has 0 atom stereocenters. The van der Waals surface area contributed by atoms with Crippen molar-refractivity contribution in [2.24, 2.45) is 0 Å². The average molecular weight is 577 g/mol. The number of aromatic nitrogens is 5. The summed E-state index contributed by atoms with van der Waals surface area (Å²) in [5, 5.41) is 12.1. The summed E-state index contributed by atoms with van der Waals surface area (Å²) in [5.41, 5.74) is 7.04. The van der Waals surface area contributed by atoms with Crippen molar-refractivity contribution in [3.8, 4) is 11.5 Å². The third kappa shape index (κ3) is 6.00. The number of rotatable bonds is 7. The van der Waals surface area contributed by atoms with Crippen molar-refractivity contribution < 1.29 is 4.79 Å². The van der Waals surface area contributed by atoms with E-state index in [1.807, 2.05) is 17.0 Å². The van der Waals surface area contributed by atoms with Crippen LogP contribution < -0.4 is 10.9 Å². The summed E-state index contributed by atoms with van der Waals surface area (Å²) in [6.07, 6.45) is 9.82. The van der Waals surface area contributed by atoms with Gasteiger partial charge in [0.25, 0.3) is 11.5 Å². The van der Waals surface area contributed by atoms with Gasteiger partial charge in [0.1, 0.15) is 13.7 Å². The monoisotopic (exact) mass is 576 g/mol. The van der Waals surface area contributed by atoms with Crippen LogP contribution in [-0.2, 0) is 0 Å². The zero-order valence-electron chi connectivity index (χ0n) is 24.6. The van der Waals surface area contributed by atoms with Gasteiger partial charge in [-0.2, -0.15) is 10.2 Å². The number of hydrogen-bond acceptors (Lipinski definition) is 7. The van der Waals surface area contributed by atoms with Gasteiger partial charge in [-0.25, -0.2) is 9.97 Å². The van der Waals surface area contributed by atoms with Crippen LogP contribution in [-0.4, -0.2) is 51.0 Å². The molecule has 0 aliphatic heterocycles. The summed E-state index contributed by atoms with van der Waals surface area (Å²) in [6.45, 7) is 13.7. The Morgan fingerprint density at radius 1 is 1.05 bits per heavy atom. The zero-order valence-corrected chi connectivity index (χ0v) is 26.4. The van der Waals surface area contributed by atoms with Crippen molar-refractivity contribution in [2.45, 2.75) is 101 Å². The maximum Gasteiger partial charge on any atom is 0.253 e. The lowest BCUT2D eigenvalue weighted by atomic mass is 9.90. The van der Waals surface area contributed by atoms with Crippen molar-refractivity contribution in [1.29, 1.82) is 0 Å². The van der Waals surface area contributed by atoms with Crippen LogP contribution >= 0.6 is 11.8 Å². The first-order valence-electron chi connectivity index (χ1n) is 14.1. The molecule has 0 aromatic carbocycles. The minimum Gasteiger partial charge on any atom is -0.349 e. The predicted molar refractivity (Wildman–Crippen MR) is 164 cm³/mol. The van der Waals surface area contributed by atoms with E-state index < -0.39 is 8.07 Å². The summed E-state index contributed by atoms with van der Waals surface area (Å²) < 4.78 is 1.84. The minimum absolute atomic E-state index is 0.00665. The number of nitrogens with zero attached hydrogens (tertiary/aromatic N) is 5. The lowest BCUT2D eigenvalue weighted by molar-refractivity contribution is 0.0922. The molecule has 0 bridgehead atoms. The number of hydrogen-bond donors (Lipinski definition) is 1. The molecule has 1 amide bonds. The van der Waals surface area contributed by atoms with Crippen molar-refractivity contribution >= 4 is 36.8 Å². The average Bonchev–Trinajstić information content (AvgIpc) is 2.93. The highest BCUT2D eigenvalue weighted by molar-refractivity contribution is 7.98. The summed E-state index contributed by atoms with van der Waals surface area (Å²) in [4.78, 5) is 35.6. The fourth-order valence-corrected chi connectivity index (χ4v) is 12.0. The Kier molecular flexibility index (Phi) is 9.47. The molecular formula is C30H40N6O2SSi. The third-order valence-corrected chi connectivity index (χ3v) is 15.3. The van der Waals surface area contributed by atoms with Gasteiger partial charge in [-0.3, -0.25) is 14.2 Å². The van der Waals surface area contributed by atoms with Crippen LogP contribution in [0.2, 0.25) is 16.6 Å². The molecule has 1 saturated carbocycles. The molecule has 3 aromatic heterocycles. The van der Waals surface area contributed by atoms with Gasteiger partial charge in [0.2, 0.25) is 0 Å². The van der Waals surface area contributed by atoms with Crippen molar-refractivity contribution in [1.82, 2.24) is 30.0 Å². The standard InChI is InChI=1S/C30H40N6O2SSi/c1-19(2)40(20(3)4,21(5)6)15-13-22-16-27(37)36(28-26(22)18-31-30(35-28)39-7)25-10-8-24(9-11-25)34-29(38)23-12-14-32-33-17-23/h12,14,16-21,24-25H,8-11H2,1-7H3,(H,34,38). The first-order valence-corrected chi connectivity index (χ1v) is 17.6. The Balaban J connectivity index is 1.67. The maximum absolute atomic E-state index is 13.7. The van der Waals surface area contributed by atoms with Gasteiger partial charge < -0.3 is 5.32 Å². The molecule has 40 heavy (non-hydrogen) atoms. The highest BCUT2D eigenvalue weighted by Gasteiger charge is 2.41. The van der Waals surface area contributed by atoms with Crippen LogP contribution in [0.15, 0.2) is 40.7 Å². The molecule has 0 spiro atoms. The molecule has 3 heterocycles. The topological polar surface area (TPSA) is 103 Å². The van der Waals surface area contributed by atoms with Crippen LogP contribution in [0.1, 0.15) is 89.2 Å². The van der Waals surface area contributed by atoms with Gasteiger partial charge >= 0.3 is 0 Å². The molecule has 3 aromatic rings. The number of carbonyl (C=O) groups is 1. The van der Waals surface area contributed by atoms with Crippen molar-refractivity contribution in [3.05, 3.63) is 52.2 Å². The first-order chi connectivity index (χ1) is 19.1. The van der Waals surface area contributed by atoms with E-state index in [4.69, 9.17) is 4.98 Å². The van der Waals surface area contributed by atoms with E-state index in [-0.39, 0.29) is 23.6 Å². The molecule has 0 unspecified atom stereocenters. The predicted octanol–water partition coefficient (Wildman–Crippen LogP) is 5.79. The van der Waals surface area contributed by atoms with E-state index >= 15 is 0 Å². The van der Waals surface area contributed by atoms with Crippen molar-refractivity contribution in [3.63, 3.8) is 0 Å². The Bertz CT molecular complexity index is 1450. The molecule has 8 nitrogen and oxygen atoms in total. The maximum atomic E-state index is 13.7. The largest absolute Gasteiger partial charge is 0.349 e. The second-order valence-corrected chi connectivity index (χ2v) is 18.0. The van der Waals surface area contributed by atoms with E-state index in [1.54, 1.807) is 12.1 Å². The molecule has 4 rings (SSSR count). The highest BCUT2D eigenvalue weighted by atomic mass is 32.2. The summed E-state index contributed by atoms with van der Waals surface area (Å²) in [7, 11) is -1.98. The normalized spacial score (nSPS) is 17.8. The van der Waals surface area contributed by atoms with Crippen molar-refractivity contribution in [2.75, 3.05) is 6.26 Å². The van der Waals surface area contributed by atoms with Crippen LogP contribution in [0, 0.1) is 11.5 Å². The lowest BCUT2D eigenvalue weighted by Crippen LogP contribution is -2.43. The van der Waals surface area contributed by atoms with Gasteiger partial charge in [-0.1, -0.05) is 59.2 Å². The second-order valence-electron chi connectivity index (χ2n) is 11.6. The molecular weight excluding hydrogens is 537 g/mol. The van der Waals surface area contributed by atoms with E-state index in [0.717, 1.165) is 36.6 Å². The fraction of sp³-hybridized carbons (Fsp3) is 0.533. The molecule has 1 fully saturated rings. The van der Waals surface area contributed by atoms with Gasteiger partial charge in [0.05, 0.1) is 23.3 Å². The van der Waals surface area contributed by atoms with E-state index in [0.29, 0.717) is 33.0 Å². The summed E-state index contributed by atoms with van der Waals surface area (Å²) >= 11 is 1.46. The third-order valence-electron chi connectivity index (χ3n) is 8.48. The second kappa shape index (κ2) is 12.6. The fourth-order valence-electron chi connectivity index (χ4n) is 6.44. The van der Waals surface area contributed by atoms with E-state index in [2.05, 4.69) is 73.5 Å². The molecule has 1 N–H and O–H groups in total. The van der Waals surface area contributed by atoms with Gasteiger partial charge in [0.15, 0.2) is 5.16 Å². The van der Waals surface area contributed by atoms with Gasteiger partial charge in [-0.15, -0.1) is 5.54 Å². The molecule has 1 aliphatic carbocycles. The number of thioether (sulfide) groups is 1. The summed E-state index contributed by atoms with van der Waals surface area (Å²) in [6, 6.07) is 3.37. The van der Waals surface area contributed by atoms with Crippen LogP contribution in [0.4, 0.5) is 0 Å². The van der Waals surface area contributed by atoms with E-state index in [9.17, 15) is 9.59 Å². The number of pyridine rings is 1. The zero-order chi connectivity index (χ0) is 29.0. The Labute approximate surface area is 242 Å². The molecule has 0 radical (unpaired) electrons. The Morgan fingerprint density at radius 2 is 1.73 bits per heavy atom. The highest BCUT2D eigenvalue weighted by Crippen LogP contribution is 2.41. The number of amides is 1. The quantitative estimate of drug-likeness (QED) is 0.164. The SMILES string of the molecule is CSc1ncc2c(C#C[Si](C(C)C)(C(C)C)C(C)C)cc(=O)n(C3CCC(NC(=O)c4ccnnc4)CC3)c2n1. The van der Waals surface area contributed by atoms with Crippen LogP contribution in [0.5, 0.6) is 0 Å². The molecule has 1 aliphatic rings. The molecule has 0 saturated heterocycles. The van der Waals surface area contributed by atoms with Crippen LogP contribution in [0.25, 0.3) is 11.0 Å².